The van der Waals surface area contributed by atoms with Crippen LogP contribution in [0.2, 0.25) is 0 Å². The van der Waals surface area contributed by atoms with Crippen LogP contribution in [0.3, 0.4) is 0 Å². The standard InChI is InChI=1S/C29H34N2O3.C22H27BrN2O3.C7H9BO2/c1-22-9-8-10-23(19-22)24-13-14-25(27(20-24)33-26-11-6-5-7-12-26)21-30-15-17-31(18-16-30)28(32)34-29(2,3)4;1-22(2,3)28-21(26)25-13-11-24(12-14-25)16-17-9-10-18(23)15-20(17)27-19-7-5-4-6-8-19;1-6-3-2-4-7(5-6)8(9)10/h5-14,19-20H,15-18,21H2,1-4H3;4-10,15H,11-14,16H2,1-3H3;2-5,9-10H,1H3. The van der Waals surface area contributed by atoms with Gasteiger partial charge in [0.05, 0.1) is 0 Å². The number of ether oxygens (including phenoxy) is 4. The van der Waals surface area contributed by atoms with Crippen LogP contribution in [0.25, 0.3) is 11.1 Å². The molecular weight excluding hydrogens is 971 g/mol. The Morgan fingerprint density at radius 1 is 0.514 bits per heavy atom. The van der Waals surface area contributed by atoms with Crippen molar-refractivity contribution < 1.29 is 38.6 Å². The van der Waals surface area contributed by atoms with Crippen molar-refractivity contribution in [1.82, 2.24) is 19.6 Å². The first-order valence-electron chi connectivity index (χ1n) is 24.5. The lowest BCUT2D eigenvalue weighted by molar-refractivity contribution is 0.0129. The van der Waals surface area contributed by atoms with Crippen LogP contribution in [0.15, 0.2) is 150 Å². The second-order valence-electron chi connectivity index (χ2n) is 20.0. The van der Waals surface area contributed by atoms with Crippen molar-refractivity contribution in [3.63, 3.8) is 0 Å². The molecule has 0 radical (unpaired) electrons. The molecule has 6 aromatic carbocycles. The number of benzene rings is 6. The molecule has 6 aromatic rings. The zero-order chi connectivity index (χ0) is 51.8. The van der Waals surface area contributed by atoms with Crippen molar-refractivity contribution in [2.75, 3.05) is 52.4 Å². The first-order valence-corrected chi connectivity index (χ1v) is 25.3. The number of rotatable bonds is 10. The molecule has 2 fully saturated rings. The third kappa shape index (κ3) is 18.2. The van der Waals surface area contributed by atoms with E-state index in [1.54, 1.807) is 28.0 Å². The number of carbonyl (C=O) groups excluding carboxylic acids is 2. The summed E-state index contributed by atoms with van der Waals surface area (Å²) in [7, 11) is -1.35. The summed E-state index contributed by atoms with van der Waals surface area (Å²) in [5.74, 6) is 3.34. The number of carbonyl (C=O) groups is 2. The van der Waals surface area contributed by atoms with E-state index < -0.39 is 18.3 Å². The van der Waals surface area contributed by atoms with Crippen LogP contribution in [0.4, 0.5) is 9.59 Å². The van der Waals surface area contributed by atoms with Gasteiger partial charge in [0.1, 0.15) is 34.2 Å². The number of piperazine rings is 2. The lowest BCUT2D eigenvalue weighted by Gasteiger charge is -2.35. The Hall–Kier alpha value is -6.16. The summed E-state index contributed by atoms with van der Waals surface area (Å²) >= 11 is 3.53. The van der Waals surface area contributed by atoms with E-state index in [1.807, 2.05) is 127 Å². The maximum absolute atomic E-state index is 12.4. The van der Waals surface area contributed by atoms with Crippen molar-refractivity contribution in [2.24, 2.45) is 0 Å². The molecule has 0 bridgehead atoms. The number of halogens is 1. The van der Waals surface area contributed by atoms with Crippen molar-refractivity contribution in [3.05, 3.63) is 172 Å². The van der Waals surface area contributed by atoms with E-state index in [1.165, 1.54) is 11.1 Å². The minimum absolute atomic E-state index is 0.233. The molecule has 0 saturated carbocycles. The molecule has 0 unspecified atom stereocenters. The third-order valence-electron chi connectivity index (χ3n) is 11.6. The molecule has 2 heterocycles. The zero-order valence-electron chi connectivity index (χ0n) is 43.0. The van der Waals surface area contributed by atoms with Crippen molar-refractivity contribution in [3.8, 4) is 34.1 Å². The van der Waals surface area contributed by atoms with Gasteiger partial charge in [-0.05, 0) is 114 Å². The van der Waals surface area contributed by atoms with Gasteiger partial charge in [-0.25, -0.2) is 9.59 Å². The number of amides is 2. The van der Waals surface area contributed by atoms with Gasteiger partial charge in [-0.2, -0.15) is 0 Å². The molecule has 0 atom stereocenters. The fourth-order valence-electron chi connectivity index (χ4n) is 7.91. The lowest BCUT2D eigenvalue weighted by atomic mass is 9.80. The predicted octanol–water partition coefficient (Wildman–Crippen LogP) is 11.5. The molecule has 2 saturated heterocycles. The van der Waals surface area contributed by atoms with E-state index in [0.717, 1.165) is 89.0 Å². The Labute approximate surface area is 435 Å². The van der Waals surface area contributed by atoms with Gasteiger partial charge in [-0.15, -0.1) is 0 Å². The molecule has 2 amide bonds. The molecule has 2 aliphatic rings. The smallest absolute Gasteiger partial charge is 0.457 e. The van der Waals surface area contributed by atoms with Crippen LogP contribution in [0.1, 0.15) is 63.8 Å². The number of nitrogens with zero attached hydrogens (tertiary/aromatic N) is 4. The Balaban J connectivity index is 0.000000200. The van der Waals surface area contributed by atoms with Crippen molar-refractivity contribution >= 4 is 40.7 Å². The molecule has 8 rings (SSSR count). The van der Waals surface area contributed by atoms with Gasteiger partial charge in [0, 0.05) is 81.0 Å². The maximum atomic E-state index is 12.4. The second-order valence-corrected chi connectivity index (χ2v) is 21.0. The molecule has 380 valence electrons. The highest BCUT2D eigenvalue weighted by molar-refractivity contribution is 9.10. The number of para-hydroxylation sites is 2. The molecular formula is C58H70BBrN4O8. The van der Waals surface area contributed by atoms with E-state index in [2.05, 4.69) is 81.2 Å². The van der Waals surface area contributed by atoms with Crippen LogP contribution in [-0.2, 0) is 22.6 Å². The highest BCUT2D eigenvalue weighted by Crippen LogP contribution is 2.33. The first kappa shape index (κ1) is 55.2. The normalized spacial score (nSPS) is 14.2. The molecule has 2 aliphatic heterocycles. The summed E-state index contributed by atoms with van der Waals surface area (Å²) < 4.78 is 24.4. The molecule has 0 spiro atoms. The topological polar surface area (TPSA) is 124 Å². The monoisotopic (exact) mass is 1040 g/mol. The number of hydrogen-bond donors (Lipinski definition) is 2. The van der Waals surface area contributed by atoms with Crippen molar-refractivity contribution in [1.29, 1.82) is 0 Å². The Morgan fingerprint density at radius 3 is 1.38 bits per heavy atom. The summed E-state index contributed by atoms with van der Waals surface area (Å²) in [6, 6.07) is 47.9. The van der Waals surface area contributed by atoms with E-state index >= 15 is 0 Å². The SMILES string of the molecule is CC(C)(C)OC(=O)N1CCN(Cc2ccc(Br)cc2Oc2ccccc2)CC1.Cc1cccc(-c2ccc(CN3CCN(C(=O)OC(C)(C)C)CC3)c(Oc3ccccc3)c2)c1.Cc1cccc(B(O)O)c1. The number of hydrogen-bond acceptors (Lipinski definition) is 10. The minimum atomic E-state index is -1.35. The van der Waals surface area contributed by atoms with E-state index in [9.17, 15) is 9.59 Å². The van der Waals surface area contributed by atoms with Gasteiger partial charge in [0.2, 0.25) is 0 Å². The van der Waals surface area contributed by atoms with Crippen LogP contribution in [-0.4, -0.2) is 113 Å². The largest absolute Gasteiger partial charge is 0.488 e. The minimum Gasteiger partial charge on any atom is -0.457 e. The fraction of sp³-hybridized carbons (Fsp3) is 0.345. The molecule has 72 heavy (non-hydrogen) atoms. The van der Waals surface area contributed by atoms with Crippen LogP contribution in [0, 0.1) is 13.8 Å². The van der Waals surface area contributed by atoms with Gasteiger partial charge in [-0.3, -0.25) is 9.80 Å². The molecule has 2 N–H and O–H groups in total. The zero-order valence-corrected chi connectivity index (χ0v) is 44.6. The van der Waals surface area contributed by atoms with Gasteiger partial charge in [0.15, 0.2) is 0 Å². The molecule has 14 heteroatoms. The Kier molecular flexibility index (Phi) is 19.9. The highest BCUT2D eigenvalue weighted by Gasteiger charge is 2.28. The molecule has 12 nitrogen and oxygen atoms in total. The van der Waals surface area contributed by atoms with Crippen LogP contribution in [0.5, 0.6) is 23.0 Å². The van der Waals surface area contributed by atoms with Crippen LogP contribution >= 0.6 is 15.9 Å². The summed E-state index contributed by atoms with van der Waals surface area (Å²) in [5.41, 5.74) is 6.43. The average molecular weight is 1040 g/mol. The lowest BCUT2D eigenvalue weighted by Crippen LogP contribution is -2.49. The van der Waals surface area contributed by atoms with Gasteiger partial charge < -0.3 is 38.8 Å². The quantitative estimate of drug-likeness (QED) is 0.128. The van der Waals surface area contributed by atoms with E-state index in [-0.39, 0.29) is 12.2 Å². The van der Waals surface area contributed by atoms with Gasteiger partial charge in [0.25, 0.3) is 0 Å². The summed E-state index contributed by atoms with van der Waals surface area (Å²) in [6.45, 7) is 22.8. The van der Waals surface area contributed by atoms with Gasteiger partial charge in [-0.1, -0.05) is 130 Å². The van der Waals surface area contributed by atoms with E-state index in [0.29, 0.717) is 31.6 Å². The number of aryl methyl sites for hydroxylation is 2. The molecule has 0 aliphatic carbocycles. The summed E-state index contributed by atoms with van der Waals surface area (Å²) in [5, 5.41) is 17.4. The van der Waals surface area contributed by atoms with Gasteiger partial charge >= 0.3 is 19.3 Å². The second kappa shape index (κ2) is 26.0. The summed E-state index contributed by atoms with van der Waals surface area (Å²) in [4.78, 5) is 32.9. The Bertz CT molecular complexity index is 2660. The fourth-order valence-corrected chi connectivity index (χ4v) is 8.25. The van der Waals surface area contributed by atoms with Crippen LogP contribution < -0.4 is 14.9 Å². The third-order valence-corrected chi connectivity index (χ3v) is 12.1. The maximum Gasteiger partial charge on any atom is 0.488 e. The molecule has 0 aromatic heterocycles. The highest BCUT2D eigenvalue weighted by atomic mass is 79.9. The average Bonchev–Trinajstić information content (AvgIpc) is 3.33. The van der Waals surface area contributed by atoms with Crippen molar-refractivity contribution in [2.45, 2.75) is 79.7 Å². The predicted molar refractivity (Wildman–Crippen MR) is 291 cm³/mol. The Morgan fingerprint density at radius 2 is 0.944 bits per heavy atom. The summed E-state index contributed by atoms with van der Waals surface area (Å²) in [6.07, 6.45) is -0.466. The first-order chi connectivity index (χ1) is 34.3. The van der Waals surface area contributed by atoms with E-state index in [4.69, 9.17) is 29.0 Å².